The average Bonchev–Trinajstić information content (AvgIpc) is 2.50. The number of ether oxygens (including phenoxy) is 1. The molecule has 1 N–H and O–H groups in total. The van der Waals surface area contributed by atoms with Gasteiger partial charge in [0.15, 0.2) is 0 Å². The zero-order chi connectivity index (χ0) is 14.2. The zero-order valence-corrected chi connectivity index (χ0v) is 13.7. The number of nitrogens with one attached hydrogen (secondary N) is 1. The quantitative estimate of drug-likeness (QED) is 0.761. The first kappa shape index (κ1) is 16.2. The third-order valence-electron chi connectivity index (χ3n) is 3.75. The van der Waals surface area contributed by atoms with Crippen molar-refractivity contribution in [2.45, 2.75) is 37.1 Å². The van der Waals surface area contributed by atoms with Crippen LogP contribution in [0.25, 0.3) is 0 Å². The minimum atomic E-state index is 0.556. The molecule has 0 saturated carbocycles. The molecule has 0 radical (unpaired) electrons. The Hall–Kier alpha value is -0.220. The molecule has 0 aliphatic carbocycles. The Morgan fingerprint density at radius 2 is 2.10 bits per heavy atom. The summed E-state index contributed by atoms with van der Waals surface area (Å²) in [6.45, 7) is 5.12. The number of thioether (sulfide) groups is 1. The van der Waals surface area contributed by atoms with Crippen LogP contribution in [0.15, 0.2) is 29.2 Å². The van der Waals surface area contributed by atoms with Gasteiger partial charge in [0.05, 0.1) is 5.02 Å². The SMILES string of the molecule is CCCNC(CSc1ccccc1Cl)C1CCOCC1. The van der Waals surface area contributed by atoms with Gasteiger partial charge in [-0.2, -0.15) is 0 Å². The van der Waals surface area contributed by atoms with Crippen LogP contribution in [-0.4, -0.2) is 31.6 Å². The molecule has 1 atom stereocenters. The van der Waals surface area contributed by atoms with E-state index < -0.39 is 0 Å². The summed E-state index contributed by atoms with van der Waals surface area (Å²) >= 11 is 8.10. The molecule has 1 aromatic rings. The first-order valence-corrected chi connectivity index (χ1v) is 8.86. The highest BCUT2D eigenvalue weighted by atomic mass is 35.5. The lowest BCUT2D eigenvalue weighted by Gasteiger charge is -2.31. The van der Waals surface area contributed by atoms with E-state index in [4.69, 9.17) is 16.3 Å². The molecule has 1 saturated heterocycles. The number of benzene rings is 1. The smallest absolute Gasteiger partial charge is 0.0541 e. The van der Waals surface area contributed by atoms with Crippen LogP contribution in [-0.2, 0) is 4.74 Å². The van der Waals surface area contributed by atoms with Crippen molar-refractivity contribution in [1.82, 2.24) is 5.32 Å². The van der Waals surface area contributed by atoms with Crippen molar-refractivity contribution in [3.63, 3.8) is 0 Å². The summed E-state index contributed by atoms with van der Waals surface area (Å²) in [6.07, 6.45) is 3.52. The van der Waals surface area contributed by atoms with E-state index in [1.54, 1.807) is 0 Å². The fourth-order valence-corrected chi connectivity index (χ4v) is 3.98. The Morgan fingerprint density at radius 3 is 2.80 bits per heavy atom. The van der Waals surface area contributed by atoms with E-state index >= 15 is 0 Å². The predicted molar refractivity (Wildman–Crippen MR) is 87.8 cm³/mol. The van der Waals surface area contributed by atoms with Crippen molar-refractivity contribution >= 4 is 23.4 Å². The molecule has 1 aliphatic rings. The Bertz CT molecular complexity index is 396. The third-order valence-corrected chi connectivity index (χ3v) is 5.38. The van der Waals surface area contributed by atoms with Crippen LogP contribution in [0.1, 0.15) is 26.2 Å². The molecule has 0 aromatic heterocycles. The molecule has 20 heavy (non-hydrogen) atoms. The normalized spacial score (nSPS) is 18.1. The highest BCUT2D eigenvalue weighted by molar-refractivity contribution is 7.99. The van der Waals surface area contributed by atoms with Gasteiger partial charge in [-0.3, -0.25) is 0 Å². The van der Waals surface area contributed by atoms with Crippen LogP contribution in [0, 0.1) is 5.92 Å². The van der Waals surface area contributed by atoms with Crippen LogP contribution in [0.5, 0.6) is 0 Å². The second-order valence-corrected chi connectivity index (χ2v) is 6.72. The zero-order valence-electron chi connectivity index (χ0n) is 12.1. The summed E-state index contributed by atoms with van der Waals surface area (Å²) in [7, 11) is 0. The summed E-state index contributed by atoms with van der Waals surface area (Å²) < 4.78 is 5.48. The maximum Gasteiger partial charge on any atom is 0.0541 e. The highest BCUT2D eigenvalue weighted by Crippen LogP contribution is 2.29. The molecule has 0 spiro atoms. The largest absolute Gasteiger partial charge is 0.381 e. The Morgan fingerprint density at radius 1 is 1.35 bits per heavy atom. The lowest BCUT2D eigenvalue weighted by atomic mass is 9.93. The van der Waals surface area contributed by atoms with Crippen molar-refractivity contribution in [3.8, 4) is 0 Å². The van der Waals surface area contributed by atoms with Gasteiger partial charge in [-0.05, 0) is 43.9 Å². The second-order valence-electron chi connectivity index (χ2n) is 5.25. The Kier molecular flexibility index (Phi) is 7.22. The summed E-state index contributed by atoms with van der Waals surface area (Å²) in [6, 6.07) is 8.66. The molecule has 2 rings (SSSR count). The minimum absolute atomic E-state index is 0.556. The van der Waals surface area contributed by atoms with Crippen LogP contribution >= 0.6 is 23.4 Å². The van der Waals surface area contributed by atoms with Gasteiger partial charge >= 0.3 is 0 Å². The molecule has 4 heteroatoms. The Balaban J connectivity index is 1.91. The fourth-order valence-electron chi connectivity index (χ4n) is 2.55. The molecule has 0 bridgehead atoms. The van der Waals surface area contributed by atoms with Crippen LogP contribution in [0.3, 0.4) is 0 Å². The van der Waals surface area contributed by atoms with Crippen LogP contribution < -0.4 is 5.32 Å². The molecule has 1 aliphatic heterocycles. The van der Waals surface area contributed by atoms with E-state index in [-0.39, 0.29) is 0 Å². The van der Waals surface area contributed by atoms with Gasteiger partial charge in [0, 0.05) is 29.9 Å². The van der Waals surface area contributed by atoms with Crippen molar-refractivity contribution in [2.24, 2.45) is 5.92 Å². The van der Waals surface area contributed by atoms with Gasteiger partial charge in [0.25, 0.3) is 0 Å². The maximum atomic E-state index is 6.24. The summed E-state index contributed by atoms with van der Waals surface area (Å²) in [4.78, 5) is 1.18. The third kappa shape index (κ3) is 4.96. The van der Waals surface area contributed by atoms with E-state index in [0.29, 0.717) is 6.04 Å². The lowest BCUT2D eigenvalue weighted by molar-refractivity contribution is 0.0566. The molecule has 1 unspecified atom stereocenters. The van der Waals surface area contributed by atoms with Gasteiger partial charge in [-0.1, -0.05) is 30.7 Å². The second kappa shape index (κ2) is 8.93. The topological polar surface area (TPSA) is 21.3 Å². The van der Waals surface area contributed by atoms with Crippen molar-refractivity contribution < 1.29 is 4.74 Å². The van der Waals surface area contributed by atoms with Crippen LogP contribution in [0.4, 0.5) is 0 Å². The van der Waals surface area contributed by atoms with E-state index in [2.05, 4.69) is 24.4 Å². The highest BCUT2D eigenvalue weighted by Gasteiger charge is 2.23. The van der Waals surface area contributed by atoms with Gasteiger partial charge in [0.1, 0.15) is 0 Å². The lowest BCUT2D eigenvalue weighted by Crippen LogP contribution is -2.41. The van der Waals surface area contributed by atoms with Crippen LogP contribution in [0.2, 0.25) is 5.02 Å². The fraction of sp³-hybridized carbons (Fsp3) is 0.625. The monoisotopic (exact) mass is 313 g/mol. The Labute approximate surface area is 131 Å². The first-order valence-electron chi connectivity index (χ1n) is 7.49. The molecular formula is C16H24ClNOS. The van der Waals surface area contributed by atoms with E-state index in [0.717, 1.165) is 36.5 Å². The summed E-state index contributed by atoms with van der Waals surface area (Å²) in [5.41, 5.74) is 0. The number of rotatable bonds is 7. The summed E-state index contributed by atoms with van der Waals surface area (Å²) in [5.74, 6) is 1.80. The van der Waals surface area contributed by atoms with Gasteiger partial charge < -0.3 is 10.1 Å². The van der Waals surface area contributed by atoms with Crippen molar-refractivity contribution in [2.75, 3.05) is 25.5 Å². The van der Waals surface area contributed by atoms with E-state index in [1.165, 1.54) is 24.2 Å². The van der Waals surface area contributed by atoms with Gasteiger partial charge in [0.2, 0.25) is 0 Å². The minimum Gasteiger partial charge on any atom is -0.381 e. The first-order chi connectivity index (χ1) is 9.81. The molecule has 1 aromatic carbocycles. The van der Waals surface area contributed by atoms with E-state index in [1.807, 2.05) is 23.9 Å². The molecule has 112 valence electrons. The van der Waals surface area contributed by atoms with Crippen molar-refractivity contribution in [1.29, 1.82) is 0 Å². The molecule has 2 nitrogen and oxygen atoms in total. The average molecular weight is 314 g/mol. The molecule has 1 heterocycles. The summed E-state index contributed by atoms with van der Waals surface area (Å²) in [5, 5.41) is 4.57. The van der Waals surface area contributed by atoms with Gasteiger partial charge in [-0.25, -0.2) is 0 Å². The van der Waals surface area contributed by atoms with Crippen molar-refractivity contribution in [3.05, 3.63) is 29.3 Å². The number of hydrogen-bond donors (Lipinski definition) is 1. The molecular weight excluding hydrogens is 290 g/mol. The number of halogens is 1. The molecule has 1 fully saturated rings. The predicted octanol–water partition coefficient (Wildman–Crippen LogP) is 4.23. The molecule has 0 amide bonds. The standard InChI is InChI=1S/C16H24ClNOS/c1-2-9-18-15(13-7-10-19-11-8-13)12-20-16-6-4-3-5-14(16)17/h3-6,13,15,18H,2,7-12H2,1H3. The van der Waals surface area contributed by atoms with E-state index in [9.17, 15) is 0 Å². The number of hydrogen-bond acceptors (Lipinski definition) is 3. The van der Waals surface area contributed by atoms with Gasteiger partial charge in [-0.15, -0.1) is 11.8 Å². The maximum absolute atomic E-state index is 6.24.